The first-order valence-electron chi connectivity index (χ1n) is 6.75. The van der Waals surface area contributed by atoms with E-state index < -0.39 is 0 Å². The van der Waals surface area contributed by atoms with Gasteiger partial charge in [-0.2, -0.15) is 4.98 Å². The Kier molecular flexibility index (Phi) is 5.32. The van der Waals surface area contributed by atoms with E-state index in [0.717, 1.165) is 24.3 Å². The van der Waals surface area contributed by atoms with Crippen molar-refractivity contribution in [2.24, 2.45) is 5.73 Å². The summed E-state index contributed by atoms with van der Waals surface area (Å²) in [5.74, 6) is 1.49. The van der Waals surface area contributed by atoms with Crippen LogP contribution in [0.2, 0.25) is 0 Å². The van der Waals surface area contributed by atoms with Crippen LogP contribution in [0.15, 0.2) is 6.33 Å². The Hall–Kier alpha value is -1.89. The molecule has 2 aromatic heterocycles. The van der Waals surface area contributed by atoms with Crippen LogP contribution in [0, 0.1) is 0 Å². The van der Waals surface area contributed by atoms with Gasteiger partial charge in [0, 0.05) is 25.3 Å². The van der Waals surface area contributed by atoms with Gasteiger partial charge in [0.05, 0.1) is 7.11 Å². The number of aryl methyl sites for hydroxylation is 2. The minimum Gasteiger partial charge on any atom is -0.479 e. The molecule has 0 aromatic carbocycles. The minimum atomic E-state index is -0.282. The van der Waals surface area contributed by atoms with Crippen molar-refractivity contribution in [3.8, 4) is 5.88 Å². The molecule has 0 saturated carbocycles. The molecule has 0 saturated heterocycles. The van der Waals surface area contributed by atoms with Gasteiger partial charge >= 0.3 is 0 Å². The summed E-state index contributed by atoms with van der Waals surface area (Å²) in [5, 5.41) is 0. The van der Waals surface area contributed by atoms with Crippen LogP contribution in [0.25, 0.3) is 11.2 Å². The predicted molar refractivity (Wildman–Crippen MR) is 79.3 cm³/mol. The van der Waals surface area contributed by atoms with Gasteiger partial charge in [0.25, 0.3) is 0 Å². The Morgan fingerprint density at radius 3 is 2.90 bits per heavy atom. The van der Waals surface area contributed by atoms with Gasteiger partial charge < -0.3 is 15.0 Å². The number of unbranched alkanes of at least 4 members (excludes halogenated alkanes) is 1. The molecular formula is C13H18ClN5O2. The molecule has 21 heavy (non-hydrogen) atoms. The highest BCUT2D eigenvalue weighted by Gasteiger charge is 2.15. The number of methoxy groups -OCH3 is 1. The van der Waals surface area contributed by atoms with Crippen LogP contribution < -0.4 is 10.5 Å². The lowest BCUT2D eigenvalue weighted by molar-refractivity contribution is -0.118. The van der Waals surface area contributed by atoms with E-state index in [1.807, 2.05) is 4.57 Å². The van der Waals surface area contributed by atoms with Gasteiger partial charge in [-0.05, 0) is 12.8 Å². The summed E-state index contributed by atoms with van der Waals surface area (Å²) in [5.41, 5.74) is 6.50. The van der Waals surface area contributed by atoms with E-state index in [-0.39, 0.29) is 5.91 Å². The predicted octanol–water partition coefficient (Wildman–Crippen LogP) is 1.27. The van der Waals surface area contributed by atoms with Crippen molar-refractivity contribution >= 4 is 28.7 Å². The number of aromatic nitrogens is 4. The van der Waals surface area contributed by atoms with Crippen molar-refractivity contribution in [2.75, 3.05) is 13.0 Å². The molecule has 0 aliphatic heterocycles. The zero-order valence-corrected chi connectivity index (χ0v) is 12.6. The third kappa shape index (κ3) is 3.60. The molecular weight excluding hydrogens is 294 g/mol. The normalized spacial score (nSPS) is 11.0. The van der Waals surface area contributed by atoms with E-state index in [2.05, 4.69) is 15.0 Å². The molecule has 7 nitrogen and oxygen atoms in total. The molecule has 0 aliphatic carbocycles. The number of hydrogen-bond donors (Lipinski definition) is 1. The van der Waals surface area contributed by atoms with Gasteiger partial charge in [0.2, 0.25) is 11.8 Å². The van der Waals surface area contributed by atoms with Crippen LogP contribution in [0.5, 0.6) is 5.88 Å². The van der Waals surface area contributed by atoms with E-state index in [4.69, 9.17) is 22.1 Å². The number of carbonyl (C=O) groups is 1. The molecule has 2 heterocycles. The monoisotopic (exact) mass is 311 g/mol. The Morgan fingerprint density at radius 1 is 1.43 bits per heavy atom. The summed E-state index contributed by atoms with van der Waals surface area (Å²) < 4.78 is 7.21. The van der Waals surface area contributed by atoms with Crippen molar-refractivity contribution in [2.45, 2.75) is 32.2 Å². The van der Waals surface area contributed by atoms with Gasteiger partial charge in [0.15, 0.2) is 11.2 Å². The molecule has 0 spiro atoms. The van der Waals surface area contributed by atoms with Crippen molar-refractivity contribution in [3.05, 3.63) is 12.2 Å². The summed E-state index contributed by atoms with van der Waals surface area (Å²) in [6.45, 7) is 0.705. The van der Waals surface area contributed by atoms with E-state index in [9.17, 15) is 4.79 Å². The fraction of sp³-hybridized carbons (Fsp3) is 0.538. The fourth-order valence-electron chi connectivity index (χ4n) is 2.19. The molecule has 2 rings (SSSR count). The number of halogens is 1. The average molecular weight is 312 g/mol. The Bertz CT molecular complexity index is 628. The maximum absolute atomic E-state index is 10.8. The molecule has 1 amide bonds. The van der Waals surface area contributed by atoms with Crippen LogP contribution >= 0.6 is 11.6 Å². The number of carbonyl (C=O) groups excluding carboxylic acids is 1. The van der Waals surface area contributed by atoms with Gasteiger partial charge in [-0.25, -0.2) is 9.97 Å². The number of nitrogens with two attached hydrogens (primary N) is 1. The molecule has 0 unspecified atom stereocenters. The first-order chi connectivity index (χ1) is 10.2. The lowest BCUT2D eigenvalue weighted by Gasteiger charge is -2.07. The molecule has 0 bridgehead atoms. The molecule has 114 valence electrons. The maximum Gasteiger partial charge on any atom is 0.245 e. The van der Waals surface area contributed by atoms with Crippen molar-refractivity contribution in [3.63, 3.8) is 0 Å². The highest BCUT2D eigenvalue weighted by Crippen LogP contribution is 2.22. The highest BCUT2D eigenvalue weighted by atomic mass is 35.5. The van der Waals surface area contributed by atoms with Gasteiger partial charge in [-0.1, -0.05) is 0 Å². The first-order valence-corrected chi connectivity index (χ1v) is 7.29. The van der Waals surface area contributed by atoms with Crippen molar-refractivity contribution < 1.29 is 9.53 Å². The van der Waals surface area contributed by atoms with Gasteiger partial charge in [-0.15, -0.1) is 11.6 Å². The molecule has 0 fully saturated rings. The summed E-state index contributed by atoms with van der Waals surface area (Å²) >= 11 is 5.83. The second kappa shape index (κ2) is 7.21. The Balaban J connectivity index is 2.26. The van der Waals surface area contributed by atoms with Crippen LogP contribution in [0.3, 0.4) is 0 Å². The molecule has 0 aliphatic rings. The topological polar surface area (TPSA) is 95.9 Å². The number of alkyl halides is 1. The number of amides is 1. The second-order valence-corrected chi connectivity index (χ2v) is 4.98. The van der Waals surface area contributed by atoms with Gasteiger partial charge in [-0.3, -0.25) is 4.79 Å². The Labute approximate surface area is 127 Å². The zero-order chi connectivity index (χ0) is 15.2. The van der Waals surface area contributed by atoms with Crippen LogP contribution in [0.4, 0.5) is 0 Å². The summed E-state index contributed by atoms with van der Waals surface area (Å²) in [7, 11) is 1.55. The quantitative estimate of drug-likeness (QED) is 0.585. The molecule has 0 radical (unpaired) electrons. The largest absolute Gasteiger partial charge is 0.479 e. The number of ether oxygens (including phenoxy) is 1. The maximum atomic E-state index is 10.8. The van der Waals surface area contributed by atoms with E-state index in [1.54, 1.807) is 7.11 Å². The highest BCUT2D eigenvalue weighted by molar-refractivity contribution is 6.17. The smallest absolute Gasteiger partial charge is 0.245 e. The number of nitrogens with zero attached hydrogens (tertiary/aromatic N) is 4. The standard InChI is InChI=1S/C13H18ClN5O2/c1-21-13-11-12(16-8-17-13)19(10(18-11)5-6-14)7-3-2-4-9(15)20/h8H,2-7H2,1H3,(H2,15,20). The SMILES string of the molecule is COc1ncnc2c1nc(CCCl)n2CCCCC(N)=O. The summed E-state index contributed by atoms with van der Waals surface area (Å²) in [6.07, 6.45) is 4.02. The zero-order valence-electron chi connectivity index (χ0n) is 11.9. The third-order valence-corrected chi connectivity index (χ3v) is 3.33. The number of imidazole rings is 1. The van der Waals surface area contributed by atoms with Crippen LogP contribution in [-0.4, -0.2) is 38.4 Å². The van der Waals surface area contributed by atoms with Crippen LogP contribution in [-0.2, 0) is 17.8 Å². The summed E-state index contributed by atoms with van der Waals surface area (Å²) in [6, 6.07) is 0. The average Bonchev–Trinajstić information content (AvgIpc) is 2.81. The van der Waals surface area contributed by atoms with Gasteiger partial charge in [0.1, 0.15) is 12.2 Å². The number of hydrogen-bond acceptors (Lipinski definition) is 5. The Morgan fingerprint density at radius 2 is 2.24 bits per heavy atom. The number of rotatable bonds is 8. The van der Waals surface area contributed by atoms with E-state index in [0.29, 0.717) is 36.7 Å². The lowest BCUT2D eigenvalue weighted by atomic mass is 10.2. The third-order valence-electron chi connectivity index (χ3n) is 3.14. The van der Waals surface area contributed by atoms with Crippen molar-refractivity contribution in [1.29, 1.82) is 0 Å². The number of primary amides is 1. The fourth-order valence-corrected chi connectivity index (χ4v) is 2.36. The molecule has 0 atom stereocenters. The number of fused-ring (bicyclic) bond motifs is 1. The molecule has 2 aromatic rings. The minimum absolute atomic E-state index is 0.282. The molecule has 8 heteroatoms. The second-order valence-electron chi connectivity index (χ2n) is 4.60. The molecule has 2 N–H and O–H groups in total. The van der Waals surface area contributed by atoms with Crippen molar-refractivity contribution in [1.82, 2.24) is 19.5 Å². The van der Waals surface area contributed by atoms with Crippen LogP contribution in [0.1, 0.15) is 25.1 Å². The lowest BCUT2D eigenvalue weighted by Crippen LogP contribution is -2.11. The van der Waals surface area contributed by atoms with E-state index >= 15 is 0 Å². The summed E-state index contributed by atoms with van der Waals surface area (Å²) in [4.78, 5) is 23.6. The first kappa shape index (κ1) is 15.5. The van der Waals surface area contributed by atoms with E-state index in [1.165, 1.54) is 6.33 Å².